The summed E-state index contributed by atoms with van der Waals surface area (Å²) in [7, 11) is 1.27. The number of carboxylic acids is 1. The van der Waals surface area contributed by atoms with Gasteiger partial charge in [-0.2, -0.15) is 4.39 Å². The Morgan fingerprint density at radius 3 is 2.66 bits per heavy atom. The summed E-state index contributed by atoms with van der Waals surface area (Å²) in [6, 6.07) is 7.14. The van der Waals surface area contributed by atoms with Gasteiger partial charge in [-0.05, 0) is 62.2 Å². The Kier molecular flexibility index (Phi) is 9.42. The zero-order chi connectivity index (χ0) is 29.5. The summed E-state index contributed by atoms with van der Waals surface area (Å²) in [6.07, 6.45) is 5.55. The molecular formula is C28H31F2N7O4. The van der Waals surface area contributed by atoms with Gasteiger partial charge in [-0.15, -0.1) is 0 Å². The summed E-state index contributed by atoms with van der Waals surface area (Å²) in [6.45, 7) is 3.34. The quantitative estimate of drug-likeness (QED) is 0.153. The summed E-state index contributed by atoms with van der Waals surface area (Å²) >= 11 is 0. The smallest absolute Gasteiger partial charge is 0.320 e. The Balaban J connectivity index is 1.38. The van der Waals surface area contributed by atoms with E-state index in [2.05, 4.69) is 25.9 Å². The average Bonchev–Trinajstić information content (AvgIpc) is 3.38. The summed E-state index contributed by atoms with van der Waals surface area (Å²) in [5.74, 6) is -3.17. The van der Waals surface area contributed by atoms with Gasteiger partial charge < -0.3 is 31.5 Å². The molecule has 0 bridgehead atoms. The van der Waals surface area contributed by atoms with Crippen LogP contribution in [0, 0.1) is 18.6 Å². The van der Waals surface area contributed by atoms with Gasteiger partial charge in [0.1, 0.15) is 6.04 Å². The van der Waals surface area contributed by atoms with E-state index in [0.717, 1.165) is 5.56 Å². The van der Waals surface area contributed by atoms with Gasteiger partial charge in [0.05, 0.1) is 19.0 Å². The number of carboxylic acid groups (broad SMARTS) is 1. The molecule has 6 N–H and O–H groups in total. The summed E-state index contributed by atoms with van der Waals surface area (Å²) < 4.78 is 35.5. The normalized spacial score (nSPS) is 11.8. The molecule has 1 amide bonds. The number of anilines is 2. The van der Waals surface area contributed by atoms with Crippen molar-refractivity contribution in [3.8, 4) is 17.0 Å². The van der Waals surface area contributed by atoms with Crippen molar-refractivity contribution in [2.24, 2.45) is 5.73 Å². The molecule has 0 radical (unpaired) electrons. The van der Waals surface area contributed by atoms with Crippen LogP contribution in [0.3, 0.4) is 0 Å². The molecule has 0 saturated carbocycles. The minimum absolute atomic E-state index is 0.0248. The second kappa shape index (κ2) is 13.2. The first-order chi connectivity index (χ1) is 19.7. The van der Waals surface area contributed by atoms with Crippen molar-refractivity contribution >= 4 is 29.0 Å². The number of halogens is 2. The number of aryl methyl sites for hydroxylation is 1. The Labute approximate surface area is 234 Å². The van der Waals surface area contributed by atoms with E-state index in [1.165, 1.54) is 31.6 Å². The highest BCUT2D eigenvalue weighted by Gasteiger charge is 2.19. The van der Waals surface area contributed by atoms with Crippen LogP contribution < -0.4 is 26.4 Å². The molecule has 0 saturated heterocycles. The predicted octanol–water partition coefficient (Wildman–Crippen LogP) is 3.25. The van der Waals surface area contributed by atoms with E-state index in [1.54, 1.807) is 28.8 Å². The van der Waals surface area contributed by atoms with Crippen molar-refractivity contribution < 1.29 is 28.2 Å². The Bertz CT molecular complexity index is 1560. The number of nitrogens with two attached hydrogens (primary N) is 1. The van der Waals surface area contributed by atoms with Crippen LogP contribution in [0.1, 0.15) is 28.8 Å². The van der Waals surface area contributed by atoms with E-state index in [-0.39, 0.29) is 17.2 Å². The lowest BCUT2D eigenvalue weighted by atomic mass is 10.1. The molecule has 4 aromatic rings. The van der Waals surface area contributed by atoms with E-state index < -0.39 is 23.6 Å². The van der Waals surface area contributed by atoms with Gasteiger partial charge in [-0.3, -0.25) is 14.0 Å². The molecular weight excluding hydrogens is 536 g/mol. The minimum atomic E-state index is -1.08. The Morgan fingerprint density at radius 2 is 1.93 bits per heavy atom. The number of aliphatic carboxylic acids is 1. The largest absolute Gasteiger partial charge is 0.494 e. The number of amides is 1. The van der Waals surface area contributed by atoms with Crippen molar-refractivity contribution in [2.45, 2.75) is 25.8 Å². The minimum Gasteiger partial charge on any atom is -0.494 e. The second-order valence-corrected chi connectivity index (χ2v) is 9.30. The number of fused-ring (bicyclic) bond motifs is 1. The fraction of sp³-hybridized carbons (Fsp3) is 0.286. The molecule has 0 aliphatic heterocycles. The molecule has 4 rings (SSSR count). The number of rotatable bonds is 13. The summed E-state index contributed by atoms with van der Waals surface area (Å²) in [5.41, 5.74) is 8.13. The molecule has 2 heterocycles. The first-order valence-electron chi connectivity index (χ1n) is 12.9. The van der Waals surface area contributed by atoms with Gasteiger partial charge in [-0.25, -0.2) is 14.4 Å². The molecule has 216 valence electrons. The molecule has 0 fully saturated rings. The monoisotopic (exact) mass is 567 g/mol. The highest BCUT2D eigenvalue weighted by atomic mass is 19.2. The maximum Gasteiger partial charge on any atom is 0.320 e. The van der Waals surface area contributed by atoms with Crippen LogP contribution in [0.4, 0.5) is 20.3 Å². The number of hydrogen-bond donors (Lipinski definition) is 5. The van der Waals surface area contributed by atoms with Gasteiger partial charge in [-0.1, -0.05) is 0 Å². The number of carbonyl (C=O) groups is 2. The topological polar surface area (TPSA) is 156 Å². The molecule has 2 aromatic heterocycles. The number of ether oxygens (including phenoxy) is 1. The van der Waals surface area contributed by atoms with E-state index in [9.17, 15) is 18.4 Å². The number of nitrogens with zero attached hydrogens (tertiary/aromatic N) is 3. The second-order valence-electron chi connectivity index (χ2n) is 9.30. The first-order valence-corrected chi connectivity index (χ1v) is 12.9. The van der Waals surface area contributed by atoms with Gasteiger partial charge in [0.15, 0.2) is 23.0 Å². The predicted molar refractivity (Wildman–Crippen MR) is 149 cm³/mol. The number of carbonyl (C=O) groups excluding carboxylic acids is 1. The molecule has 0 aliphatic carbocycles. The van der Waals surface area contributed by atoms with Gasteiger partial charge in [0.2, 0.25) is 5.82 Å². The van der Waals surface area contributed by atoms with Crippen molar-refractivity contribution in [1.82, 2.24) is 25.0 Å². The van der Waals surface area contributed by atoms with Crippen LogP contribution in [0.5, 0.6) is 5.75 Å². The van der Waals surface area contributed by atoms with Gasteiger partial charge in [0.25, 0.3) is 5.91 Å². The SMILES string of the molecule is COc1ccc(-c2cnc3c(Nc4ccc(C(=O)NCCNCCCC(N)C(=O)O)c(C)c4)nccn23)c(F)c1F. The lowest BCUT2D eigenvalue weighted by molar-refractivity contribution is -0.138. The van der Waals surface area contributed by atoms with Gasteiger partial charge >= 0.3 is 5.97 Å². The molecule has 13 heteroatoms. The maximum absolute atomic E-state index is 14.7. The number of nitrogens with one attached hydrogen (secondary N) is 3. The zero-order valence-electron chi connectivity index (χ0n) is 22.6. The van der Waals surface area contributed by atoms with Crippen LogP contribution in [-0.2, 0) is 4.79 Å². The van der Waals surface area contributed by atoms with Crippen molar-refractivity contribution in [3.05, 3.63) is 71.7 Å². The maximum atomic E-state index is 14.7. The van der Waals surface area contributed by atoms with Crippen LogP contribution in [-0.4, -0.2) is 64.1 Å². The van der Waals surface area contributed by atoms with Crippen LogP contribution >= 0.6 is 0 Å². The van der Waals surface area contributed by atoms with Crippen LogP contribution in [0.25, 0.3) is 16.9 Å². The summed E-state index contributed by atoms with van der Waals surface area (Å²) in [5, 5.41) is 18.0. The molecule has 41 heavy (non-hydrogen) atoms. The Hall–Kier alpha value is -4.62. The third kappa shape index (κ3) is 6.76. The third-order valence-corrected chi connectivity index (χ3v) is 6.48. The Morgan fingerprint density at radius 1 is 1.12 bits per heavy atom. The lowest BCUT2D eigenvalue weighted by Crippen LogP contribution is -2.34. The first kappa shape index (κ1) is 29.4. The van der Waals surface area contributed by atoms with Crippen LogP contribution in [0.15, 0.2) is 48.9 Å². The fourth-order valence-corrected chi connectivity index (χ4v) is 4.28. The van der Waals surface area contributed by atoms with Crippen molar-refractivity contribution in [2.75, 3.05) is 32.1 Å². The van der Waals surface area contributed by atoms with E-state index in [1.807, 2.05) is 6.92 Å². The standard InChI is InChI=1S/C28H31F2N7O4/c1-16-14-17(5-6-18(16)27(38)34-11-10-32-9-3-4-20(31)28(39)40)36-25-26-35-15-21(37(26)13-12-33-25)19-7-8-22(41-2)24(30)23(19)29/h5-8,12-15,20,32H,3-4,9-11,31H2,1-2H3,(H,33,36)(H,34,38)(H,39,40). The molecule has 2 aromatic carbocycles. The van der Waals surface area contributed by atoms with Crippen molar-refractivity contribution in [3.63, 3.8) is 0 Å². The summed E-state index contributed by atoms with van der Waals surface area (Å²) in [4.78, 5) is 32.1. The number of hydrogen-bond acceptors (Lipinski definition) is 8. The fourth-order valence-electron chi connectivity index (χ4n) is 4.28. The highest BCUT2D eigenvalue weighted by Crippen LogP contribution is 2.31. The number of imidazole rings is 1. The lowest BCUT2D eigenvalue weighted by Gasteiger charge is -2.12. The van der Waals surface area contributed by atoms with Crippen LogP contribution in [0.2, 0.25) is 0 Å². The third-order valence-electron chi connectivity index (χ3n) is 6.48. The number of benzene rings is 2. The van der Waals surface area contributed by atoms with E-state index in [4.69, 9.17) is 15.6 Å². The van der Waals surface area contributed by atoms with E-state index in [0.29, 0.717) is 60.9 Å². The zero-order valence-corrected chi connectivity index (χ0v) is 22.6. The van der Waals surface area contributed by atoms with Crippen molar-refractivity contribution in [1.29, 1.82) is 0 Å². The van der Waals surface area contributed by atoms with Gasteiger partial charge in [0, 0.05) is 42.3 Å². The number of aromatic nitrogens is 3. The highest BCUT2D eigenvalue weighted by molar-refractivity contribution is 5.96. The molecule has 0 aliphatic rings. The number of methoxy groups -OCH3 is 1. The van der Waals surface area contributed by atoms with E-state index >= 15 is 0 Å². The molecule has 1 atom stereocenters. The molecule has 0 spiro atoms. The molecule has 1 unspecified atom stereocenters. The average molecular weight is 568 g/mol. The molecule has 11 nitrogen and oxygen atoms in total.